The van der Waals surface area contributed by atoms with E-state index in [2.05, 4.69) is 29.8 Å². The first-order valence-electron chi connectivity index (χ1n) is 9.62. The van der Waals surface area contributed by atoms with Crippen molar-refractivity contribution in [3.63, 3.8) is 0 Å². The zero-order valence-corrected chi connectivity index (χ0v) is 18.2. The Labute approximate surface area is 182 Å². The van der Waals surface area contributed by atoms with Crippen LogP contribution in [0.4, 0.5) is 5.69 Å². The number of para-hydroxylation sites is 1. The molecule has 0 radical (unpaired) electrons. The largest absolute Gasteiger partial charge is 0.493 e. The Morgan fingerprint density at radius 2 is 1.83 bits per heavy atom. The van der Waals surface area contributed by atoms with Crippen LogP contribution in [0.2, 0.25) is 0 Å². The highest BCUT2D eigenvalue weighted by molar-refractivity contribution is 7.80. The highest BCUT2D eigenvalue weighted by Crippen LogP contribution is 2.16. The van der Waals surface area contributed by atoms with Gasteiger partial charge in [0, 0.05) is 19.2 Å². The van der Waals surface area contributed by atoms with Crippen LogP contribution in [-0.4, -0.2) is 43.8 Å². The van der Waals surface area contributed by atoms with Crippen molar-refractivity contribution in [3.8, 4) is 5.75 Å². The van der Waals surface area contributed by atoms with E-state index in [9.17, 15) is 9.59 Å². The molecular weight excluding hydrogens is 402 g/mol. The first-order valence-corrected chi connectivity index (χ1v) is 10.0. The van der Waals surface area contributed by atoms with Gasteiger partial charge in [-0.1, -0.05) is 32.0 Å². The summed E-state index contributed by atoms with van der Waals surface area (Å²) in [5.41, 5.74) is 1.33. The van der Waals surface area contributed by atoms with Gasteiger partial charge in [0.25, 0.3) is 11.8 Å². The number of methoxy groups -OCH3 is 1. The molecule has 7 nitrogen and oxygen atoms in total. The molecule has 0 aliphatic carbocycles. The third kappa shape index (κ3) is 7.46. The molecule has 30 heavy (non-hydrogen) atoms. The first kappa shape index (κ1) is 23.3. The number of amides is 2. The van der Waals surface area contributed by atoms with E-state index in [-0.39, 0.29) is 16.9 Å². The third-order valence-corrected chi connectivity index (χ3v) is 4.12. The van der Waals surface area contributed by atoms with Crippen LogP contribution in [-0.2, 0) is 4.74 Å². The highest BCUT2D eigenvalue weighted by Gasteiger charge is 2.14. The first-order chi connectivity index (χ1) is 14.4. The third-order valence-electron chi connectivity index (χ3n) is 3.92. The number of hydrogen-bond donors (Lipinski definition) is 3. The van der Waals surface area contributed by atoms with Gasteiger partial charge in [0.15, 0.2) is 5.11 Å². The lowest BCUT2D eigenvalue weighted by atomic mass is 10.1. The van der Waals surface area contributed by atoms with Crippen molar-refractivity contribution in [3.05, 3.63) is 59.7 Å². The van der Waals surface area contributed by atoms with Crippen LogP contribution in [0.25, 0.3) is 0 Å². The Morgan fingerprint density at radius 1 is 1.07 bits per heavy atom. The number of thiocarbonyl (C=S) groups is 1. The van der Waals surface area contributed by atoms with Crippen LogP contribution in [0.5, 0.6) is 5.75 Å². The van der Waals surface area contributed by atoms with Crippen LogP contribution in [0, 0.1) is 5.92 Å². The van der Waals surface area contributed by atoms with Gasteiger partial charge in [-0.3, -0.25) is 14.9 Å². The summed E-state index contributed by atoms with van der Waals surface area (Å²) >= 11 is 5.26. The second-order valence-electron chi connectivity index (χ2n) is 6.94. The molecule has 2 aromatic rings. The van der Waals surface area contributed by atoms with Crippen molar-refractivity contribution in [2.45, 2.75) is 13.8 Å². The lowest BCUT2D eigenvalue weighted by Crippen LogP contribution is -2.35. The molecular formula is C22H27N3O4S. The summed E-state index contributed by atoms with van der Waals surface area (Å²) in [5.74, 6) is 0.364. The van der Waals surface area contributed by atoms with Crippen molar-refractivity contribution >= 4 is 34.8 Å². The summed E-state index contributed by atoms with van der Waals surface area (Å²) in [7, 11) is 1.56. The molecule has 0 atom stereocenters. The van der Waals surface area contributed by atoms with E-state index in [1.165, 1.54) is 0 Å². The average molecular weight is 430 g/mol. The summed E-state index contributed by atoms with van der Waals surface area (Å²) < 4.78 is 10.6. The zero-order chi connectivity index (χ0) is 21.9. The second-order valence-corrected chi connectivity index (χ2v) is 7.34. The predicted molar refractivity (Wildman–Crippen MR) is 121 cm³/mol. The molecule has 0 aliphatic heterocycles. The summed E-state index contributed by atoms with van der Waals surface area (Å²) in [6.45, 7) is 5.47. The van der Waals surface area contributed by atoms with Gasteiger partial charge in [0.1, 0.15) is 5.75 Å². The van der Waals surface area contributed by atoms with Crippen LogP contribution in [0.15, 0.2) is 48.5 Å². The number of nitrogens with one attached hydrogen (secondary N) is 3. The lowest BCUT2D eigenvalue weighted by Gasteiger charge is -2.14. The minimum atomic E-state index is -0.371. The fraction of sp³-hybridized carbons (Fsp3) is 0.318. The van der Waals surface area contributed by atoms with Crippen molar-refractivity contribution in [2.24, 2.45) is 5.92 Å². The van der Waals surface area contributed by atoms with E-state index in [1.807, 2.05) is 0 Å². The molecule has 0 saturated carbocycles. The summed E-state index contributed by atoms with van der Waals surface area (Å²) in [4.78, 5) is 24.9. The zero-order valence-electron chi connectivity index (χ0n) is 17.4. The van der Waals surface area contributed by atoms with Gasteiger partial charge in [-0.2, -0.15) is 0 Å². The maximum Gasteiger partial charge on any atom is 0.257 e. The van der Waals surface area contributed by atoms with E-state index in [1.54, 1.807) is 55.6 Å². The van der Waals surface area contributed by atoms with Crippen molar-refractivity contribution in [2.75, 3.05) is 32.2 Å². The lowest BCUT2D eigenvalue weighted by molar-refractivity contribution is 0.0937. The molecule has 160 valence electrons. The van der Waals surface area contributed by atoms with Crippen molar-refractivity contribution in [1.82, 2.24) is 10.6 Å². The van der Waals surface area contributed by atoms with E-state index < -0.39 is 0 Å². The highest BCUT2D eigenvalue weighted by atomic mass is 32.1. The van der Waals surface area contributed by atoms with Crippen LogP contribution < -0.4 is 20.7 Å². The normalized spacial score (nSPS) is 10.4. The minimum Gasteiger partial charge on any atom is -0.493 e. The van der Waals surface area contributed by atoms with Crippen molar-refractivity contribution < 1.29 is 19.1 Å². The average Bonchev–Trinajstić information content (AvgIpc) is 2.73. The smallest absolute Gasteiger partial charge is 0.257 e. The van der Waals surface area contributed by atoms with Crippen LogP contribution in [0.3, 0.4) is 0 Å². The molecule has 0 aliphatic rings. The Bertz CT molecular complexity index is 886. The Morgan fingerprint density at radius 3 is 2.57 bits per heavy atom. The van der Waals surface area contributed by atoms with Gasteiger partial charge in [-0.25, -0.2) is 0 Å². The number of anilines is 1. The molecule has 2 rings (SSSR count). The fourth-order valence-electron chi connectivity index (χ4n) is 2.47. The molecule has 2 amide bonds. The van der Waals surface area contributed by atoms with Gasteiger partial charge in [0.05, 0.1) is 24.5 Å². The predicted octanol–water partition coefficient (Wildman–Crippen LogP) is 3.22. The standard InChI is InChI=1S/C22H27N3O4S/c1-15(2)14-29-17-8-6-7-16(13-17)20(26)25-22(30)24-19-10-5-4-9-18(19)21(27)23-11-12-28-3/h4-10,13,15H,11-12,14H2,1-3H3,(H,23,27)(H2,24,25,26,30). The van der Waals surface area contributed by atoms with Gasteiger partial charge >= 0.3 is 0 Å². The number of benzene rings is 2. The van der Waals surface area contributed by atoms with Gasteiger partial charge in [-0.15, -0.1) is 0 Å². The molecule has 0 bridgehead atoms. The van der Waals surface area contributed by atoms with Gasteiger partial charge < -0.3 is 20.1 Å². The molecule has 8 heteroatoms. The molecule has 0 saturated heterocycles. The Balaban J connectivity index is 2.00. The summed E-state index contributed by atoms with van der Waals surface area (Å²) in [5, 5.41) is 8.39. The molecule has 0 aromatic heterocycles. The van der Waals surface area contributed by atoms with Crippen LogP contribution >= 0.6 is 12.2 Å². The number of ether oxygens (including phenoxy) is 2. The topological polar surface area (TPSA) is 88.7 Å². The summed E-state index contributed by atoms with van der Waals surface area (Å²) in [6.07, 6.45) is 0. The van der Waals surface area contributed by atoms with E-state index in [0.29, 0.717) is 48.2 Å². The Kier molecular flexibility index (Phi) is 9.24. The number of hydrogen-bond acceptors (Lipinski definition) is 5. The monoisotopic (exact) mass is 429 g/mol. The Hall–Kier alpha value is -2.97. The fourth-order valence-corrected chi connectivity index (χ4v) is 2.67. The van der Waals surface area contributed by atoms with Crippen LogP contribution in [0.1, 0.15) is 34.6 Å². The quantitative estimate of drug-likeness (QED) is 0.419. The van der Waals surface area contributed by atoms with Gasteiger partial charge in [0.2, 0.25) is 0 Å². The van der Waals surface area contributed by atoms with Gasteiger partial charge in [-0.05, 0) is 48.5 Å². The molecule has 0 spiro atoms. The van der Waals surface area contributed by atoms with E-state index >= 15 is 0 Å². The maximum absolute atomic E-state index is 12.5. The molecule has 3 N–H and O–H groups in total. The van der Waals surface area contributed by atoms with Crippen molar-refractivity contribution in [1.29, 1.82) is 0 Å². The molecule has 2 aromatic carbocycles. The van der Waals surface area contributed by atoms with E-state index in [4.69, 9.17) is 21.7 Å². The molecule has 0 heterocycles. The molecule has 0 unspecified atom stereocenters. The summed E-state index contributed by atoms with van der Waals surface area (Å²) in [6, 6.07) is 13.8. The SMILES string of the molecule is COCCNC(=O)c1ccccc1NC(=S)NC(=O)c1cccc(OCC(C)C)c1. The number of rotatable bonds is 9. The number of carbonyl (C=O) groups is 2. The minimum absolute atomic E-state index is 0.0886. The number of carbonyl (C=O) groups excluding carboxylic acids is 2. The second kappa shape index (κ2) is 11.9. The maximum atomic E-state index is 12.5. The molecule has 0 fully saturated rings. The van der Waals surface area contributed by atoms with E-state index in [0.717, 1.165) is 0 Å².